The molecule has 24 heavy (non-hydrogen) atoms. The number of nitrogens with two attached hydrogens (primary N) is 1. The lowest BCUT2D eigenvalue weighted by Crippen LogP contribution is -2.41. The van der Waals surface area contributed by atoms with Crippen LogP contribution in [0.15, 0.2) is 23.6 Å². The number of carbonyl (C=O) groups is 2. The lowest BCUT2D eigenvalue weighted by atomic mass is 10.1. The molecule has 1 heterocycles. The Kier molecular flexibility index (Phi) is 7.87. The van der Waals surface area contributed by atoms with E-state index in [1.54, 1.807) is 31.0 Å². The van der Waals surface area contributed by atoms with Crippen LogP contribution in [-0.2, 0) is 14.3 Å². The monoisotopic (exact) mass is 354 g/mol. The topological polar surface area (TPSA) is 87.9 Å². The first-order valence-corrected chi connectivity index (χ1v) is 8.28. The summed E-state index contributed by atoms with van der Waals surface area (Å²) >= 11 is 5.23. The van der Waals surface area contributed by atoms with Crippen molar-refractivity contribution in [3.05, 3.63) is 23.6 Å². The van der Waals surface area contributed by atoms with Crippen LogP contribution in [0.5, 0.6) is 0 Å². The number of hydrogen-bond donors (Lipinski definition) is 2. The van der Waals surface area contributed by atoms with Gasteiger partial charge < -0.3 is 20.7 Å². The highest BCUT2D eigenvalue weighted by Crippen LogP contribution is 2.18. The van der Waals surface area contributed by atoms with E-state index in [4.69, 9.17) is 22.7 Å². The Bertz CT molecular complexity index is 560. The summed E-state index contributed by atoms with van der Waals surface area (Å²) in [5, 5.41) is 3.18. The summed E-state index contributed by atoms with van der Waals surface area (Å²) in [4.78, 5) is 27.5. The van der Waals surface area contributed by atoms with Crippen molar-refractivity contribution >= 4 is 29.1 Å². The number of nitrogens with zero attached hydrogens (tertiary/aromatic N) is 2. The molecular weight excluding hydrogens is 328 g/mol. The first-order chi connectivity index (χ1) is 11.3. The molecule has 0 saturated carbocycles. The van der Waals surface area contributed by atoms with E-state index in [9.17, 15) is 9.59 Å². The van der Waals surface area contributed by atoms with Gasteiger partial charge in [-0.2, -0.15) is 0 Å². The van der Waals surface area contributed by atoms with Gasteiger partial charge in [-0.1, -0.05) is 0 Å². The normalized spacial score (nSPS) is 19.1. The molecule has 0 aromatic rings. The summed E-state index contributed by atoms with van der Waals surface area (Å²) in [6.07, 6.45) is 3.57. The van der Waals surface area contributed by atoms with Gasteiger partial charge in [0.2, 0.25) is 5.91 Å². The van der Waals surface area contributed by atoms with E-state index >= 15 is 0 Å². The minimum atomic E-state index is -0.598. The highest BCUT2D eigenvalue weighted by molar-refractivity contribution is 7.80. The zero-order chi connectivity index (χ0) is 18.3. The highest BCUT2D eigenvalue weighted by atomic mass is 32.1. The van der Waals surface area contributed by atoms with Gasteiger partial charge in [0.25, 0.3) is 5.91 Å². The van der Waals surface area contributed by atoms with Gasteiger partial charge in [-0.3, -0.25) is 14.5 Å². The molecule has 1 atom stereocenters. The predicted molar refractivity (Wildman–Crippen MR) is 96.8 cm³/mol. The van der Waals surface area contributed by atoms with Crippen LogP contribution in [0.25, 0.3) is 0 Å². The molecule has 1 saturated heterocycles. The van der Waals surface area contributed by atoms with Crippen LogP contribution < -0.4 is 11.1 Å². The minimum absolute atomic E-state index is 0.0304. The fourth-order valence-corrected chi connectivity index (χ4v) is 2.68. The average molecular weight is 354 g/mol. The van der Waals surface area contributed by atoms with Crippen LogP contribution >= 0.6 is 12.2 Å². The SMILES string of the molecule is CCO/C(C)=C/C=C(\C)NC(=O)CC1C(=O)N(C)C(=S)N1CCN. The Labute approximate surface area is 148 Å². The lowest BCUT2D eigenvalue weighted by molar-refractivity contribution is -0.131. The molecule has 1 aliphatic heterocycles. The van der Waals surface area contributed by atoms with Crippen molar-refractivity contribution in [1.29, 1.82) is 0 Å². The second-order valence-electron chi connectivity index (χ2n) is 5.49. The first kappa shape index (κ1) is 20.1. The molecule has 0 aliphatic carbocycles. The second kappa shape index (κ2) is 9.39. The van der Waals surface area contributed by atoms with Gasteiger partial charge in [0.15, 0.2) is 5.11 Å². The quantitative estimate of drug-likeness (QED) is 0.379. The molecular formula is C16H26N4O3S. The molecule has 0 aromatic heterocycles. The third-order valence-corrected chi connectivity index (χ3v) is 4.06. The molecule has 0 radical (unpaired) electrons. The Morgan fingerprint density at radius 3 is 2.67 bits per heavy atom. The van der Waals surface area contributed by atoms with E-state index in [1.807, 2.05) is 13.8 Å². The smallest absolute Gasteiger partial charge is 0.251 e. The van der Waals surface area contributed by atoms with E-state index in [1.165, 1.54) is 4.90 Å². The Morgan fingerprint density at radius 1 is 1.42 bits per heavy atom. The molecule has 134 valence electrons. The number of likely N-dealkylation sites (N-methyl/N-ethyl adjacent to an activating group) is 1. The summed E-state index contributed by atoms with van der Waals surface area (Å²) in [5.41, 5.74) is 6.24. The summed E-state index contributed by atoms with van der Waals surface area (Å²) < 4.78 is 5.30. The van der Waals surface area contributed by atoms with E-state index in [0.717, 1.165) is 5.76 Å². The van der Waals surface area contributed by atoms with Gasteiger partial charge in [-0.15, -0.1) is 0 Å². The number of hydrogen-bond acceptors (Lipinski definition) is 5. The third kappa shape index (κ3) is 5.31. The van der Waals surface area contributed by atoms with Crippen molar-refractivity contribution < 1.29 is 14.3 Å². The summed E-state index contributed by atoms with van der Waals surface area (Å²) in [6.45, 7) is 6.92. The number of amides is 2. The maximum atomic E-state index is 12.2. The van der Waals surface area contributed by atoms with Crippen molar-refractivity contribution in [3.63, 3.8) is 0 Å². The first-order valence-electron chi connectivity index (χ1n) is 7.87. The molecule has 7 nitrogen and oxygen atoms in total. The second-order valence-corrected chi connectivity index (χ2v) is 5.86. The maximum Gasteiger partial charge on any atom is 0.251 e. The zero-order valence-corrected chi connectivity index (χ0v) is 15.5. The Balaban J connectivity index is 2.69. The molecule has 1 unspecified atom stereocenters. The largest absolute Gasteiger partial charge is 0.499 e. The molecule has 0 spiro atoms. The van der Waals surface area contributed by atoms with E-state index < -0.39 is 6.04 Å². The molecule has 1 aliphatic rings. The fraction of sp³-hybridized carbons (Fsp3) is 0.562. The zero-order valence-electron chi connectivity index (χ0n) is 14.7. The Hall–Kier alpha value is -1.93. The molecule has 3 N–H and O–H groups in total. The van der Waals surface area contributed by atoms with Crippen molar-refractivity contribution in [2.75, 3.05) is 26.7 Å². The highest BCUT2D eigenvalue weighted by Gasteiger charge is 2.40. The Morgan fingerprint density at radius 2 is 2.08 bits per heavy atom. The van der Waals surface area contributed by atoms with Crippen molar-refractivity contribution in [2.45, 2.75) is 33.2 Å². The van der Waals surface area contributed by atoms with Crippen LogP contribution in [0.1, 0.15) is 27.2 Å². The van der Waals surface area contributed by atoms with Crippen LogP contribution in [0.2, 0.25) is 0 Å². The minimum Gasteiger partial charge on any atom is -0.499 e. The molecule has 2 amide bonds. The van der Waals surface area contributed by atoms with E-state index in [2.05, 4.69) is 5.32 Å². The number of allylic oxidation sites excluding steroid dienone is 4. The van der Waals surface area contributed by atoms with E-state index in [-0.39, 0.29) is 18.2 Å². The van der Waals surface area contributed by atoms with Gasteiger partial charge in [0, 0.05) is 25.8 Å². The van der Waals surface area contributed by atoms with Crippen molar-refractivity contribution in [1.82, 2.24) is 15.1 Å². The van der Waals surface area contributed by atoms with Crippen molar-refractivity contribution in [2.24, 2.45) is 5.73 Å². The molecule has 1 rings (SSSR count). The van der Waals surface area contributed by atoms with Crippen LogP contribution in [-0.4, -0.2) is 59.5 Å². The number of ether oxygens (including phenoxy) is 1. The molecule has 0 bridgehead atoms. The molecule has 0 aromatic carbocycles. The summed E-state index contributed by atoms with van der Waals surface area (Å²) in [7, 11) is 1.61. The predicted octanol–water partition coefficient (Wildman–Crippen LogP) is 0.723. The number of rotatable bonds is 8. The molecule has 1 fully saturated rings. The van der Waals surface area contributed by atoms with Gasteiger partial charge in [-0.05, 0) is 45.1 Å². The number of nitrogens with one attached hydrogen (secondary N) is 1. The maximum absolute atomic E-state index is 12.2. The van der Waals surface area contributed by atoms with E-state index in [0.29, 0.717) is 30.5 Å². The van der Waals surface area contributed by atoms with Crippen LogP contribution in [0, 0.1) is 0 Å². The lowest BCUT2D eigenvalue weighted by Gasteiger charge is -2.22. The molecule has 8 heteroatoms. The number of thiocarbonyl (C=S) groups is 1. The fourth-order valence-electron chi connectivity index (χ4n) is 2.37. The van der Waals surface area contributed by atoms with Gasteiger partial charge >= 0.3 is 0 Å². The number of carbonyl (C=O) groups excluding carboxylic acids is 2. The van der Waals surface area contributed by atoms with Crippen LogP contribution in [0.4, 0.5) is 0 Å². The van der Waals surface area contributed by atoms with Gasteiger partial charge in [0.05, 0.1) is 18.8 Å². The average Bonchev–Trinajstić information content (AvgIpc) is 2.71. The van der Waals surface area contributed by atoms with Gasteiger partial charge in [0.1, 0.15) is 6.04 Å². The third-order valence-electron chi connectivity index (χ3n) is 3.55. The van der Waals surface area contributed by atoms with Gasteiger partial charge in [-0.25, -0.2) is 0 Å². The summed E-state index contributed by atoms with van der Waals surface area (Å²) in [5.74, 6) is 0.333. The summed E-state index contributed by atoms with van der Waals surface area (Å²) in [6, 6.07) is -0.598. The van der Waals surface area contributed by atoms with Crippen molar-refractivity contribution in [3.8, 4) is 0 Å². The van der Waals surface area contributed by atoms with Crippen LogP contribution in [0.3, 0.4) is 0 Å². The standard InChI is InChI=1S/C16H26N4O3S/c1-5-23-12(3)7-6-11(2)18-14(21)10-13-15(22)19(4)16(24)20(13)9-8-17/h6-7,13H,5,8-10,17H2,1-4H3,(H,18,21)/b11-6+,12-7+.